The van der Waals surface area contributed by atoms with E-state index < -0.39 is 64.0 Å². The summed E-state index contributed by atoms with van der Waals surface area (Å²) in [6, 6.07) is 9.90. The molecule has 2 aromatic carbocycles. The van der Waals surface area contributed by atoms with Crippen LogP contribution in [0, 0.1) is 47.1 Å². The molecule has 2 unspecified atom stereocenters. The van der Waals surface area contributed by atoms with Gasteiger partial charge < -0.3 is 39.8 Å². The maximum atomic E-state index is 13.8. The molecule has 0 aliphatic heterocycles. The average molecular weight is 889 g/mol. The van der Waals surface area contributed by atoms with Crippen molar-refractivity contribution in [2.45, 2.75) is 120 Å². The minimum atomic E-state index is -3.91. The second kappa shape index (κ2) is 22.3. The zero-order valence-corrected chi connectivity index (χ0v) is 40.3. The van der Waals surface area contributed by atoms with Crippen LogP contribution in [0.4, 0.5) is 8.78 Å². The molecule has 0 aromatic heterocycles. The Morgan fingerprint density at radius 2 is 0.968 bits per heavy atom. The molecule has 0 bridgehead atoms. The van der Waals surface area contributed by atoms with Crippen molar-refractivity contribution in [2.75, 3.05) is 12.3 Å². The molecule has 10 nitrogen and oxygen atoms in total. The first-order valence-corrected chi connectivity index (χ1v) is 23.8. The number of aryl methyl sites for hydroxylation is 2. The van der Waals surface area contributed by atoms with Gasteiger partial charge in [-0.15, -0.1) is 0 Å². The van der Waals surface area contributed by atoms with Crippen LogP contribution in [0.15, 0.2) is 71.3 Å². The van der Waals surface area contributed by atoms with Gasteiger partial charge in [-0.25, -0.2) is 8.78 Å². The van der Waals surface area contributed by atoms with E-state index in [-0.39, 0.29) is 71.0 Å². The van der Waals surface area contributed by atoms with Crippen LogP contribution in [0.3, 0.4) is 0 Å². The Balaban J connectivity index is 0.000000601. The van der Waals surface area contributed by atoms with Crippen LogP contribution < -0.4 is 47.9 Å². The molecule has 2 aromatic rings. The normalized spacial score (nSPS) is 20.8. The predicted octanol–water partition coefficient (Wildman–Crippen LogP) is 2.05. The number of aliphatic hydroxyl groups is 2. The minimum absolute atomic E-state index is 0. The van der Waals surface area contributed by atoms with Crippen LogP contribution in [-0.4, -0.2) is 56.5 Å². The summed E-state index contributed by atoms with van der Waals surface area (Å²) in [5.41, 5.74) is 5.94. The van der Waals surface area contributed by atoms with Crippen LogP contribution in [0.25, 0.3) is 11.1 Å². The molecule has 0 heterocycles. The third kappa shape index (κ3) is 17.2. The molecule has 332 valence electrons. The van der Waals surface area contributed by atoms with E-state index in [1.807, 2.05) is 0 Å². The maximum Gasteiger partial charge on any atom is 1.00 e. The van der Waals surface area contributed by atoms with Crippen molar-refractivity contribution in [3.8, 4) is 0 Å². The van der Waals surface area contributed by atoms with Crippen LogP contribution in [0.2, 0.25) is 0 Å². The molecule has 4 atom stereocenters. The van der Waals surface area contributed by atoms with Gasteiger partial charge >= 0.3 is 37.7 Å². The van der Waals surface area contributed by atoms with Crippen LogP contribution in [0.5, 0.6) is 0 Å². The van der Waals surface area contributed by atoms with Gasteiger partial charge in [0.2, 0.25) is 14.7 Å². The van der Waals surface area contributed by atoms with Crippen molar-refractivity contribution in [1.29, 1.82) is 0 Å². The number of carbonyl (C=O) groups is 2. The first kappa shape index (κ1) is 57.7. The molecule has 0 fully saturated rings. The number of carboxylic acid groups (broad SMARTS) is 2. The van der Waals surface area contributed by atoms with Crippen LogP contribution >= 0.6 is 14.7 Å². The SMILES string of the molecule is Cc1cc(C2=C(/C=C/P(=O)(O)C[C@@H](O)CC(=O)[O-])C(C)(C)CC(C)(C)C2)ccc1F.Cc1cc(C2=C(/C=C/P(=O)(O)C[C@@H](O)CC(=O)[O-])C(C)(C)CC(C)(C)C2)ccc1F.[Li+].[Li+]. The number of halogens is 2. The molecular weight excluding hydrogens is 826 g/mol. The molecular formula is C46H62F2Li2O10P2. The smallest absolute Gasteiger partial charge is 0.550 e. The number of hydrogen-bond donors (Lipinski definition) is 4. The summed E-state index contributed by atoms with van der Waals surface area (Å²) in [5, 5.41) is 40.6. The van der Waals surface area contributed by atoms with E-state index in [1.165, 1.54) is 23.8 Å². The Morgan fingerprint density at radius 1 is 0.661 bits per heavy atom. The number of allylic oxidation sites excluding steroid dienone is 6. The molecule has 0 radical (unpaired) electrons. The van der Waals surface area contributed by atoms with E-state index in [4.69, 9.17) is 0 Å². The zero-order valence-electron chi connectivity index (χ0n) is 38.5. The van der Waals surface area contributed by atoms with E-state index in [0.717, 1.165) is 59.1 Å². The molecule has 0 saturated carbocycles. The Morgan fingerprint density at radius 3 is 1.24 bits per heavy atom. The molecule has 4 rings (SSSR count). The summed E-state index contributed by atoms with van der Waals surface area (Å²) >= 11 is 0. The Labute approximate surface area is 390 Å². The second-order valence-electron chi connectivity index (χ2n) is 19.5. The number of hydrogen-bond acceptors (Lipinski definition) is 8. The van der Waals surface area contributed by atoms with E-state index in [0.29, 0.717) is 11.1 Å². The number of carbonyl (C=O) groups excluding carboxylic acids is 2. The van der Waals surface area contributed by atoms with Crippen molar-refractivity contribution >= 4 is 37.8 Å². The van der Waals surface area contributed by atoms with Gasteiger partial charge in [0, 0.05) is 36.4 Å². The van der Waals surface area contributed by atoms with Crippen molar-refractivity contribution < 1.29 is 95.4 Å². The molecule has 0 saturated heterocycles. The molecule has 2 aliphatic rings. The van der Waals surface area contributed by atoms with Crippen molar-refractivity contribution in [3.05, 3.63) is 105 Å². The van der Waals surface area contributed by atoms with Crippen LogP contribution in [0.1, 0.15) is 116 Å². The van der Waals surface area contributed by atoms with Crippen molar-refractivity contribution in [3.63, 3.8) is 0 Å². The number of aliphatic hydroxyl groups excluding tert-OH is 2. The maximum absolute atomic E-state index is 13.8. The fourth-order valence-electron chi connectivity index (χ4n) is 9.13. The van der Waals surface area contributed by atoms with Gasteiger partial charge in [-0.1, -0.05) is 79.7 Å². The predicted molar refractivity (Wildman–Crippen MR) is 229 cm³/mol. The van der Waals surface area contributed by atoms with Crippen molar-refractivity contribution in [1.82, 2.24) is 0 Å². The van der Waals surface area contributed by atoms with E-state index in [9.17, 15) is 57.7 Å². The number of aliphatic carboxylic acids is 2. The Bertz CT molecular complexity index is 2020. The Hall–Kier alpha value is -2.31. The van der Waals surface area contributed by atoms with Crippen LogP contribution in [-0.2, 0) is 18.7 Å². The van der Waals surface area contributed by atoms with Gasteiger partial charge in [0.25, 0.3) is 0 Å². The molecule has 0 spiro atoms. The summed E-state index contributed by atoms with van der Waals surface area (Å²) in [4.78, 5) is 41.7. The van der Waals surface area contributed by atoms with Gasteiger partial charge in [0.15, 0.2) is 0 Å². The van der Waals surface area contributed by atoms with Crippen molar-refractivity contribution in [2.24, 2.45) is 21.7 Å². The van der Waals surface area contributed by atoms with E-state index in [2.05, 4.69) is 55.4 Å². The first-order valence-electron chi connectivity index (χ1n) is 20.0. The van der Waals surface area contributed by atoms with Gasteiger partial charge in [-0.05, 0) is 130 Å². The largest absolute Gasteiger partial charge is 1.00 e. The average Bonchev–Trinajstić information content (AvgIpc) is 3.03. The summed E-state index contributed by atoms with van der Waals surface area (Å²) in [6.45, 7) is 20.3. The van der Waals surface area contributed by atoms with Gasteiger partial charge in [0.05, 0.1) is 24.5 Å². The molecule has 0 amide bonds. The van der Waals surface area contributed by atoms with Gasteiger partial charge in [0.1, 0.15) is 11.6 Å². The number of carboxylic acids is 2. The number of benzene rings is 2. The number of rotatable bonds is 14. The van der Waals surface area contributed by atoms with Gasteiger partial charge in [-0.2, -0.15) is 0 Å². The third-order valence-corrected chi connectivity index (χ3v) is 14.1. The minimum Gasteiger partial charge on any atom is -0.550 e. The summed E-state index contributed by atoms with van der Waals surface area (Å²) in [7, 11) is -7.82. The fraction of sp³-hybridized carbons (Fsp3) is 0.522. The fourth-order valence-corrected chi connectivity index (χ4v) is 11.6. The first-order chi connectivity index (χ1) is 27.2. The summed E-state index contributed by atoms with van der Waals surface area (Å²) < 4.78 is 52.7. The zero-order chi connectivity index (χ0) is 45.8. The Kier molecular flexibility index (Phi) is 20.7. The molecule has 4 N–H and O–H groups in total. The van der Waals surface area contributed by atoms with E-state index in [1.54, 1.807) is 50.3 Å². The summed E-state index contributed by atoms with van der Waals surface area (Å²) in [5.74, 6) is -1.16. The monoisotopic (exact) mass is 888 g/mol. The quantitative estimate of drug-likeness (QED) is 0.161. The standard InChI is InChI=1S/2C23H32FO5P.2Li/c2*1-15-10-16(6-7-20(15)24)18-12-22(2,3)14-23(4,5)19(18)8-9-30(28,29)13-17(25)11-21(26)27;;/h2*6-10,17,25H,11-14H2,1-5H3,(H,26,27)(H,28,29);;/q;;2*+1/p-2/b2*9-8+;;/t2*17-;;/m00../s1. The topological polar surface area (TPSA) is 195 Å². The molecule has 16 heteroatoms. The second-order valence-corrected chi connectivity index (χ2v) is 23.8. The molecule has 62 heavy (non-hydrogen) atoms. The summed E-state index contributed by atoms with van der Waals surface area (Å²) in [6.07, 6.45) is 0.994. The third-order valence-electron chi connectivity index (χ3n) is 11.0. The van der Waals surface area contributed by atoms with Gasteiger partial charge in [-0.3, -0.25) is 9.13 Å². The molecule has 2 aliphatic carbocycles. The van der Waals surface area contributed by atoms with E-state index >= 15 is 0 Å².